The van der Waals surface area contributed by atoms with Crippen LogP contribution in [0.1, 0.15) is 61.8 Å². The number of Topliss-reactive ketones (excluding diaryl/α,β-unsaturated/α-hetero) is 1. The topological polar surface area (TPSA) is 138 Å². The van der Waals surface area contributed by atoms with Crippen molar-refractivity contribution in [3.8, 4) is 0 Å². The molecule has 3 atom stereocenters. The summed E-state index contributed by atoms with van der Waals surface area (Å²) in [5.41, 5.74) is -0.761. The first kappa shape index (κ1) is 27.5. The van der Waals surface area contributed by atoms with E-state index in [1.807, 2.05) is 13.8 Å². The van der Waals surface area contributed by atoms with Gasteiger partial charge < -0.3 is 25.5 Å². The molecule has 182 valence electrons. The van der Waals surface area contributed by atoms with Crippen LogP contribution in [0.2, 0.25) is 0 Å². The molecule has 0 aromatic heterocycles. The summed E-state index contributed by atoms with van der Waals surface area (Å²) in [7, 11) is 0. The van der Waals surface area contributed by atoms with Gasteiger partial charge in [-0.2, -0.15) is 0 Å². The van der Waals surface area contributed by atoms with Crippen molar-refractivity contribution in [1.29, 1.82) is 0 Å². The number of rotatable bonds is 13. The summed E-state index contributed by atoms with van der Waals surface area (Å²) < 4.78 is 5.22. The summed E-state index contributed by atoms with van der Waals surface area (Å²) in [6.45, 7) is 14.2. The zero-order valence-corrected chi connectivity index (χ0v) is 20.4. The van der Waals surface area contributed by atoms with Gasteiger partial charge in [0.15, 0.2) is 5.78 Å². The van der Waals surface area contributed by atoms with Gasteiger partial charge in [-0.15, -0.1) is 0 Å². The molecule has 0 spiro atoms. The third-order valence-electron chi connectivity index (χ3n) is 4.85. The number of carbonyl (C=O) groups excluding carboxylic acids is 4. The Morgan fingerprint density at radius 2 is 1.66 bits per heavy atom. The average Bonchev–Trinajstić information content (AvgIpc) is 3.44. The summed E-state index contributed by atoms with van der Waals surface area (Å²) in [6, 6.07) is -1.56. The van der Waals surface area contributed by atoms with Crippen LogP contribution in [0.15, 0.2) is 5.16 Å². The van der Waals surface area contributed by atoms with Gasteiger partial charge in [0.25, 0.3) is 5.91 Å². The standard InChI is InChI=1S/C22H38N4O6/c1-12(2)9-16(19(28)22(8)11-31-22)24-17(27)10-23-21(30)18(13(3)4)25-20(29)15(7)26-32-14(5)6/h12-14,16,18H,9-11H2,1-8H3,(H,23,30)(H,24,27)(H,25,29)/b26-15+/t16-,18?,22?/m0/s1. The van der Waals surface area contributed by atoms with Crippen molar-refractivity contribution >= 4 is 29.2 Å². The highest BCUT2D eigenvalue weighted by atomic mass is 16.6. The maximum atomic E-state index is 12.6. The fourth-order valence-corrected chi connectivity index (χ4v) is 2.85. The molecule has 0 bridgehead atoms. The van der Waals surface area contributed by atoms with E-state index in [0.717, 1.165) is 0 Å². The quantitative estimate of drug-likeness (QED) is 0.215. The lowest BCUT2D eigenvalue weighted by Gasteiger charge is -2.23. The van der Waals surface area contributed by atoms with Crippen LogP contribution >= 0.6 is 0 Å². The van der Waals surface area contributed by atoms with E-state index < -0.39 is 35.4 Å². The minimum atomic E-state index is -0.869. The SMILES string of the molecule is C/C(=N\OC(C)C)C(=O)NC(C(=O)NCC(=O)N[C@@H](CC(C)C)C(=O)C1(C)CO1)C(C)C. The molecule has 1 rings (SSSR count). The number of ketones is 1. The van der Waals surface area contributed by atoms with Gasteiger partial charge in [0, 0.05) is 0 Å². The van der Waals surface area contributed by atoms with Crippen LogP contribution in [-0.4, -0.2) is 66.2 Å². The van der Waals surface area contributed by atoms with Crippen LogP contribution in [0.5, 0.6) is 0 Å². The molecular formula is C22H38N4O6. The predicted molar refractivity (Wildman–Crippen MR) is 120 cm³/mol. The molecule has 0 aromatic carbocycles. The van der Waals surface area contributed by atoms with Gasteiger partial charge in [0.2, 0.25) is 11.8 Å². The van der Waals surface area contributed by atoms with Crippen LogP contribution in [0.3, 0.4) is 0 Å². The molecule has 1 aliphatic heterocycles. The van der Waals surface area contributed by atoms with Crippen LogP contribution in [-0.2, 0) is 28.8 Å². The smallest absolute Gasteiger partial charge is 0.269 e. The summed E-state index contributed by atoms with van der Waals surface area (Å²) in [5, 5.41) is 11.6. The van der Waals surface area contributed by atoms with E-state index in [1.54, 1.807) is 34.6 Å². The Bertz CT molecular complexity index is 728. The lowest BCUT2D eigenvalue weighted by molar-refractivity contribution is -0.132. The van der Waals surface area contributed by atoms with Crippen molar-refractivity contribution in [2.24, 2.45) is 17.0 Å². The number of nitrogens with zero attached hydrogens (tertiary/aromatic N) is 1. The Hall–Kier alpha value is -2.49. The molecule has 1 fully saturated rings. The van der Waals surface area contributed by atoms with Crippen molar-refractivity contribution in [3.05, 3.63) is 0 Å². The summed E-state index contributed by atoms with van der Waals surface area (Å²) >= 11 is 0. The molecule has 0 saturated carbocycles. The van der Waals surface area contributed by atoms with E-state index >= 15 is 0 Å². The first-order valence-electron chi connectivity index (χ1n) is 11.0. The minimum absolute atomic E-state index is 0.0840. The average molecular weight is 455 g/mol. The van der Waals surface area contributed by atoms with E-state index in [1.165, 1.54) is 6.92 Å². The Balaban J connectivity index is 2.67. The minimum Gasteiger partial charge on any atom is -0.393 e. The van der Waals surface area contributed by atoms with Crippen LogP contribution in [0, 0.1) is 11.8 Å². The molecule has 1 saturated heterocycles. The maximum Gasteiger partial charge on any atom is 0.269 e. The van der Waals surface area contributed by atoms with Crippen molar-refractivity contribution in [1.82, 2.24) is 16.0 Å². The highest BCUT2D eigenvalue weighted by Crippen LogP contribution is 2.29. The van der Waals surface area contributed by atoms with Crippen molar-refractivity contribution in [2.75, 3.05) is 13.2 Å². The second-order valence-corrected chi connectivity index (χ2v) is 9.38. The van der Waals surface area contributed by atoms with Gasteiger partial charge in [0.05, 0.1) is 19.2 Å². The highest BCUT2D eigenvalue weighted by molar-refractivity contribution is 6.38. The van der Waals surface area contributed by atoms with Gasteiger partial charge in [-0.05, 0) is 46.0 Å². The lowest BCUT2D eigenvalue weighted by atomic mass is 9.93. The van der Waals surface area contributed by atoms with Gasteiger partial charge in [-0.3, -0.25) is 19.2 Å². The number of amides is 3. The number of carbonyl (C=O) groups is 4. The van der Waals surface area contributed by atoms with Gasteiger partial charge in [-0.25, -0.2) is 0 Å². The summed E-state index contributed by atoms with van der Waals surface area (Å²) in [4.78, 5) is 55.0. The van der Waals surface area contributed by atoms with Crippen LogP contribution in [0.25, 0.3) is 0 Å². The normalized spacial score (nSPS) is 20.0. The number of hydrogen-bond acceptors (Lipinski definition) is 7. The molecule has 10 heteroatoms. The highest BCUT2D eigenvalue weighted by Gasteiger charge is 2.50. The second-order valence-electron chi connectivity index (χ2n) is 9.38. The zero-order chi connectivity index (χ0) is 24.6. The van der Waals surface area contributed by atoms with E-state index in [4.69, 9.17) is 9.57 Å². The van der Waals surface area contributed by atoms with Crippen LogP contribution < -0.4 is 16.0 Å². The van der Waals surface area contributed by atoms with Crippen molar-refractivity contribution < 1.29 is 28.8 Å². The number of hydrogen-bond donors (Lipinski definition) is 3. The number of oxime groups is 1. The van der Waals surface area contributed by atoms with Gasteiger partial charge in [-0.1, -0.05) is 32.9 Å². The summed E-state index contributed by atoms with van der Waals surface area (Å²) in [5.74, 6) is -1.75. The molecule has 32 heavy (non-hydrogen) atoms. The number of nitrogens with one attached hydrogen (secondary N) is 3. The van der Waals surface area contributed by atoms with Crippen molar-refractivity contribution in [3.63, 3.8) is 0 Å². The van der Waals surface area contributed by atoms with Gasteiger partial charge in [0.1, 0.15) is 23.5 Å². The molecule has 10 nitrogen and oxygen atoms in total. The fraction of sp³-hybridized carbons (Fsp3) is 0.773. The first-order valence-corrected chi connectivity index (χ1v) is 11.0. The predicted octanol–water partition coefficient (Wildman–Crippen LogP) is 0.933. The third-order valence-corrected chi connectivity index (χ3v) is 4.85. The number of ether oxygens (including phenoxy) is 1. The maximum absolute atomic E-state index is 12.6. The van der Waals surface area contributed by atoms with E-state index in [0.29, 0.717) is 13.0 Å². The Kier molecular flexibility index (Phi) is 10.3. The molecule has 2 unspecified atom stereocenters. The fourth-order valence-electron chi connectivity index (χ4n) is 2.85. The van der Waals surface area contributed by atoms with E-state index in [9.17, 15) is 19.2 Å². The molecule has 0 aliphatic carbocycles. The molecule has 3 N–H and O–H groups in total. The molecule has 1 aliphatic rings. The van der Waals surface area contributed by atoms with Crippen molar-refractivity contribution in [2.45, 2.75) is 85.6 Å². The Morgan fingerprint density at radius 3 is 2.12 bits per heavy atom. The van der Waals surface area contributed by atoms with Gasteiger partial charge >= 0.3 is 0 Å². The first-order chi connectivity index (χ1) is 14.8. The second kappa shape index (κ2) is 11.9. The Labute approximate surface area is 190 Å². The third kappa shape index (κ3) is 8.94. The van der Waals surface area contributed by atoms with E-state index in [2.05, 4.69) is 21.1 Å². The van der Waals surface area contributed by atoms with Crippen LogP contribution in [0.4, 0.5) is 0 Å². The monoisotopic (exact) mass is 454 g/mol. The number of epoxide rings is 1. The van der Waals surface area contributed by atoms with E-state index in [-0.39, 0.29) is 36.0 Å². The molecule has 3 amide bonds. The Morgan fingerprint density at radius 1 is 1.06 bits per heavy atom. The molecule has 0 aromatic rings. The zero-order valence-electron chi connectivity index (χ0n) is 20.4. The molecular weight excluding hydrogens is 416 g/mol. The summed E-state index contributed by atoms with van der Waals surface area (Å²) in [6.07, 6.45) is 0.292. The lowest BCUT2D eigenvalue weighted by Crippen LogP contribution is -2.54. The molecule has 1 heterocycles. The molecule has 0 radical (unpaired) electrons. The largest absolute Gasteiger partial charge is 0.393 e.